The van der Waals surface area contributed by atoms with Crippen molar-refractivity contribution in [2.24, 2.45) is 12.0 Å². The molecule has 1 amide bonds. The molecule has 6 heteroatoms. The van der Waals surface area contributed by atoms with Gasteiger partial charge in [-0.05, 0) is 36.6 Å². The maximum Gasteiger partial charge on any atom is 0.253 e. The Morgan fingerprint density at radius 1 is 1.36 bits per heavy atom. The molecular weight excluding hydrogens is 316 g/mol. The first-order valence-electron chi connectivity index (χ1n) is 6.99. The van der Waals surface area contributed by atoms with Crippen molar-refractivity contribution in [3.63, 3.8) is 0 Å². The monoisotopic (exact) mass is 332 g/mol. The van der Waals surface area contributed by atoms with Crippen LogP contribution >= 0.6 is 22.7 Å². The van der Waals surface area contributed by atoms with E-state index in [1.165, 1.54) is 11.3 Å². The standard InChI is InChI=1S/C16H16N2O2S2/c1-3-20-11-6-7-13-14(9-11)22-16(18(13)2)17-15(19)10-12-5-4-8-21-12/h4-9H,3,10H2,1-2H3. The highest BCUT2D eigenvalue weighted by Crippen LogP contribution is 2.22. The smallest absolute Gasteiger partial charge is 0.253 e. The number of nitrogens with zero attached hydrogens (tertiary/aromatic N) is 2. The molecule has 3 rings (SSSR count). The van der Waals surface area contributed by atoms with Gasteiger partial charge in [-0.3, -0.25) is 4.79 Å². The zero-order chi connectivity index (χ0) is 15.5. The van der Waals surface area contributed by atoms with Gasteiger partial charge in [-0.25, -0.2) is 0 Å². The lowest BCUT2D eigenvalue weighted by Gasteiger charge is -2.02. The molecule has 0 aliphatic heterocycles. The Morgan fingerprint density at radius 2 is 2.23 bits per heavy atom. The van der Waals surface area contributed by atoms with Gasteiger partial charge in [0.25, 0.3) is 5.91 Å². The largest absolute Gasteiger partial charge is 0.494 e. The molecule has 114 valence electrons. The van der Waals surface area contributed by atoms with E-state index in [9.17, 15) is 4.79 Å². The van der Waals surface area contributed by atoms with E-state index in [0.29, 0.717) is 17.8 Å². The Bertz CT molecular complexity index is 860. The SMILES string of the molecule is CCOc1ccc2c(c1)sc(=NC(=O)Cc1cccs1)n2C. The number of aryl methyl sites for hydroxylation is 1. The van der Waals surface area contributed by atoms with E-state index >= 15 is 0 Å². The molecule has 2 heterocycles. The van der Waals surface area contributed by atoms with Gasteiger partial charge in [0.05, 0.1) is 23.2 Å². The molecule has 3 aromatic rings. The number of amides is 1. The summed E-state index contributed by atoms with van der Waals surface area (Å²) in [5.74, 6) is 0.725. The van der Waals surface area contributed by atoms with Crippen molar-refractivity contribution in [3.8, 4) is 5.75 Å². The number of rotatable bonds is 4. The van der Waals surface area contributed by atoms with E-state index in [-0.39, 0.29) is 5.91 Å². The second kappa shape index (κ2) is 6.46. The molecule has 0 aliphatic rings. The van der Waals surface area contributed by atoms with Crippen molar-refractivity contribution >= 4 is 38.8 Å². The molecule has 0 atom stereocenters. The number of thiophene rings is 1. The molecule has 0 saturated heterocycles. The first kappa shape index (κ1) is 15.0. The Kier molecular flexibility index (Phi) is 4.40. The first-order chi connectivity index (χ1) is 10.7. The molecule has 0 spiro atoms. The average molecular weight is 332 g/mol. The number of hydrogen-bond acceptors (Lipinski definition) is 4. The van der Waals surface area contributed by atoms with Crippen LogP contribution < -0.4 is 9.54 Å². The molecule has 1 aromatic carbocycles. The van der Waals surface area contributed by atoms with Gasteiger partial charge in [0.15, 0.2) is 4.80 Å². The molecule has 0 radical (unpaired) electrons. The van der Waals surface area contributed by atoms with Crippen LogP contribution in [0, 0.1) is 0 Å². The molecule has 0 saturated carbocycles. The Morgan fingerprint density at radius 3 is 2.95 bits per heavy atom. The molecule has 0 aliphatic carbocycles. The minimum absolute atomic E-state index is 0.116. The van der Waals surface area contributed by atoms with Gasteiger partial charge in [-0.2, -0.15) is 4.99 Å². The van der Waals surface area contributed by atoms with Crippen LogP contribution in [0.25, 0.3) is 10.2 Å². The Hall–Kier alpha value is -1.92. The Labute approximate surface area is 136 Å². The lowest BCUT2D eigenvalue weighted by molar-refractivity contribution is -0.117. The fourth-order valence-corrected chi connectivity index (χ4v) is 3.95. The minimum atomic E-state index is -0.116. The van der Waals surface area contributed by atoms with Gasteiger partial charge >= 0.3 is 0 Å². The van der Waals surface area contributed by atoms with Crippen LogP contribution in [-0.4, -0.2) is 17.1 Å². The molecule has 2 aromatic heterocycles. The third-order valence-electron chi connectivity index (χ3n) is 3.22. The summed E-state index contributed by atoms with van der Waals surface area (Å²) in [4.78, 5) is 18.1. The zero-order valence-corrected chi connectivity index (χ0v) is 14.0. The van der Waals surface area contributed by atoms with Gasteiger partial charge in [0, 0.05) is 11.9 Å². The average Bonchev–Trinajstić information content (AvgIpc) is 3.09. The third kappa shape index (κ3) is 3.13. The predicted molar refractivity (Wildman–Crippen MR) is 90.6 cm³/mol. The van der Waals surface area contributed by atoms with Crippen molar-refractivity contribution in [2.45, 2.75) is 13.3 Å². The van der Waals surface area contributed by atoms with Crippen molar-refractivity contribution in [1.29, 1.82) is 0 Å². The third-order valence-corrected chi connectivity index (χ3v) is 5.19. The fraction of sp³-hybridized carbons (Fsp3) is 0.250. The van der Waals surface area contributed by atoms with Crippen molar-refractivity contribution in [1.82, 2.24) is 4.57 Å². The van der Waals surface area contributed by atoms with Crippen LogP contribution in [0.3, 0.4) is 0 Å². The molecule has 22 heavy (non-hydrogen) atoms. The van der Waals surface area contributed by atoms with Crippen molar-refractivity contribution < 1.29 is 9.53 Å². The highest BCUT2D eigenvalue weighted by Gasteiger charge is 2.07. The van der Waals surface area contributed by atoms with Crippen LogP contribution in [0.15, 0.2) is 40.7 Å². The fourth-order valence-electron chi connectivity index (χ4n) is 2.19. The lowest BCUT2D eigenvalue weighted by Crippen LogP contribution is -2.13. The summed E-state index contributed by atoms with van der Waals surface area (Å²) in [6, 6.07) is 9.83. The number of thiazole rings is 1. The number of hydrogen-bond donors (Lipinski definition) is 0. The molecule has 0 N–H and O–H groups in total. The topological polar surface area (TPSA) is 43.6 Å². The molecule has 0 unspecified atom stereocenters. The number of fused-ring (bicyclic) bond motifs is 1. The van der Waals surface area contributed by atoms with Gasteiger partial charge in [-0.15, -0.1) is 11.3 Å². The van der Waals surface area contributed by atoms with Crippen molar-refractivity contribution in [2.75, 3.05) is 6.61 Å². The molecule has 0 fully saturated rings. The number of ether oxygens (including phenoxy) is 1. The summed E-state index contributed by atoms with van der Waals surface area (Å²) in [5, 5.41) is 1.97. The zero-order valence-electron chi connectivity index (χ0n) is 12.4. The first-order valence-corrected chi connectivity index (χ1v) is 8.69. The van der Waals surface area contributed by atoms with E-state index in [4.69, 9.17) is 4.74 Å². The highest BCUT2D eigenvalue weighted by molar-refractivity contribution is 7.16. The van der Waals surface area contributed by atoms with Crippen LogP contribution in [0.2, 0.25) is 0 Å². The van der Waals surface area contributed by atoms with Gasteiger partial charge < -0.3 is 9.30 Å². The van der Waals surface area contributed by atoms with Gasteiger partial charge in [0.2, 0.25) is 0 Å². The second-order valence-corrected chi connectivity index (χ2v) is 6.81. The maximum absolute atomic E-state index is 12.1. The molecular formula is C16H16N2O2S2. The van der Waals surface area contributed by atoms with E-state index in [0.717, 1.165) is 20.8 Å². The number of carbonyl (C=O) groups excluding carboxylic acids is 1. The van der Waals surface area contributed by atoms with E-state index in [1.54, 1.807) is 11.3 Å². The van der Waals surface area contributed by atoms with Gasteiger partial charge in [-0.1, -0.05) is 17.4 Å². The van der Waals surface area contributed by atoms with Crippen molar-refractivity contribution in [3.05, 3.63) is 45.4 Å². The summed E-state index contributed by atoms with van der Waals surface area (Å²) in [7, 11) is 1.93. The normalized spacial score (nSPS) is 12.0. The van der Waals surface area contributed by atoms with E-state index in [2.05, 4.69) is 4.99 Å². The molecule has 4 nitrogen and oxygen atoms in total. The number of aromatic nitrogens is 1. The summed E-state index contributed by atoms with van der Waals surface area (Å²) in [6.07, 6.45) is 0.357. The van der Waals surface area contributed by atoms with Crippen LogP contribution in [0.5, 0.6) is 5.75 Å². The number of benzene rings is 1. The van der Waals surface area contributed by atoms with Crippen LogP contribution in [0.1, 0.15) is 11.8 Å². The number of carbonyl (C=O) groups is 1. The van der Waals surface area contributed by atoms with Crippen LogP contribution in [0.4, 0.5) is 0 Å². The summed E-state index contributed by atoms with van der Waals surface area (Å²) >= 11 is 3.08. The lowest BCUT2D eigenvalue weighted by atomic mass is 10.3. The quantitative estimate of drug-likeness (QED) is 0.735. The summed E-state index contributed by atoms with van der Waals surface area (Å²) < 4.78 is 8.53. The van der Waals surface area contributed by atoms with E-state index in [1.807, 2.05) is 54.3 Å². The molecule has 0 bridgehead atoms. The minimum Gasteiger partial charge on any atom is -0.494 e. The van der Waals surface area contributed by atoms with E-state index < -0.39 is 0 Å². The van der Waals surface area contributed by atoms with Gasteiger partial charge in [0.1, 0.15) is 5.75 Å². The maximum atomic E-state index is 12.1. The predicted octanol–water partition coefficient (Wildman–Crippen LogP) is 3.37. The second-order valence-electron chi connectivity index (χ2n) is 4.77. The summed E-state index contributed by atoms with van der Waals surface area (Å²) in [5.41, 5.74) is 1.05. The van der Waals surface area contributed by atoms with Crippen LogP contribution in [-0.2, 0) is 18.3 Å². The summed E-state index contributed by atoms with van der Waals surface area (Å²) in [6.45, 7) is 2.60. The highest BCUT2D eigenvalue weighted by atomic mass is 32.1. The Balaban J connectivity index is 1.94.